The van der Waals surface area contributed by atoms with Crippen molar-refractivity contribution in [1.82, 2.24) is 5.32 Å². The zero-order valence-corrected chi connectivity index (χ0v) is 15.1. The number of nitrogens with one attached hydrogen (secondary N) is 1. The predicted octanol–water partition coefficient (Wildman–Crippen LogP) is 4.22. The van der Waals surface area contributed by atoms with E-state index in [1.807, 2.05) is 32.9 Å². The first kappa shape index (κ1) is 19.5. The molecule has 130 valence electrons. The lowest BCUT2D eigenvalue weighted by Crippen LogP contribution is -2.33. The number of carbonyl (C=O) groups is 1. The van der Waals surface area contributed by atoms with Gasteiger partial charge in [-0.2, -0.15) is 0 Å². The van der Waals surface area contributed by atoms with Crippen LogP contribution in [0, 0.1) is 5.92 Å². The molecule has 0 fully saturated rings. The van der Waals surface area contributed by atoms with Crippen molar-refractivity contribution < 1.29 is 14.6 Å². The molecule has 1 aromatic carbocycles. The fraction of sp³-hybridized carbons (Fsp3) is 0.632. The largest absolute Gasteiger partial charge is 0.444 e. The Bertz CT molecular complexity index is 492. The maximum Gasteiger partial charge on any atom is 0.407 e. The fourth-order valence-corrected chi connectivity index (χ4v) is 2.37. The maximum atomic E-state index is 11.5. The minimum Gasteiger partial charge on any atom is -0.444 e. The van der Waals surface area contributed by atoms with Crippen LogP contribution in [0.25, 0.3) is 0 Å². The molecule has 0 spiro atoms. The van der Waals surface area contributed by atoms with E-state index in [2.05, 4.69) is 31.3 Å². The molecule has 0 aliphatic carbocycles. The molecule has 1 atom stereocenters. The van der Waals surface area contributed by atoms with E-state index >= 15 is 0 Å². The summed E-state index contributed by atoms with van der Waals surface area (Å²) in [7, 11) is 0. The van der Waals surface area contributed by atoms with Crippen LogP contribution in [0.4, 0.5) is 4.79 Å². The minimum atomic E-state index is -0.498. The van der Waals surface area contributed by atoms with Crippen LogP contribution in [0.3, 0.4) is 0 Å². The highest BCUT2D eigenvalue weighted by molar-refractivity contribution is 5.67. The number of amides is 1. The predicted molar refractivity (Wildman–Crippen MR) is 93.4 cm³/mol. The van der Waals surface area contributed by atoms with Gasteiger partial charge in [-0.1, -0.05) is 38.1 Å². The van der Waals surface area contributed by atoms with Crippen molar-refractivity contribution in [2.75, 3.05) is 6.54 Å². The molecular weight excluding hydrogens is 290 g/mol. The zero-order chi connectivity index (χ0) is 17.5. The number of aliphatic hydroxyl groups is 1. The second kappa shape index (κ2) is 8.92. The van der Waals surface area contributed by atoms with Gasteiger partial charge >= 0.3 is 6.09 Å². The first-order valence-corrected chi connectivity index (χ1v) is 8.41. The normalized spacial score (nSPS) is 13.0. The molecule has 0 saturated heterocycles. The third-order valence-electron chi connectivity index (χ3n) is 3.30. The lowest BCUT2D eigenvalue weighted by molar-refractivity contribution is 0.0523. The van der Waals surface area contributed by atoms with Gasteiger partial charge in [-0.3, -0.25) is 0 Å². The van der Waals surface area contributed by atoms with E-state index in [0.29, 0.717) is 25.3 Å². The summed E-state index contributed by atoms with van der Waals surface area (Å²) >= 11 is 0. The van der Waals surface area contributed by atoms with Gasteiger partial charge in [0, 0.05) is 6.54 Å². The van der Waals surface area contributed by atoms with Gasteiger partial charge in [0.2, 0.25) is 0 Å². The highest BCUT2D eigenvalue weighted by Gasteiger charge is 2.15. The average molecular weight is 321 g/mol. The van der Waals surface area contributed by atoms with Gasteiger partial charge in [0.1, 0.15) is 5.60 Å². The number of ether oxygens (including phenoxy) is 1. The van der Waals surface area contributed by atoms with E-state index in [4.69, 9.17) is 4.74 Å². The monoisotopic (exact) mass is 321 g/mol. The topological polar surface area (TPSA) is 58.6 Å². The van der Waals surface area contributed by atoms with Crippen LogP contribution < -0.4 is 5.32 Å². The molecule has 4 nitrogen and oxygen atoms in total. The van der Waals surface area contributed by atoms with Crippen LogP contribution in [0.1, 0.15) is 64.7 Å². The third-order valence-corrected chi connectivity index (χ3v) is 3.30. The number of rotatable bonds is 7. The number of benzene rings is 1. The number of aliphatic hydroxyl groups excluding tert-OH is 1. The lowest BCUT2D eigenvalue weighted by Gasteiger charge is -2.20. The summed E-state index contributed by atoms with van der Waals surface area (Å²) in [6, 6.07) is 8.12. The van der Waals surface area contributed by atoms with E-state index in [1.54, 1.807) is 0 Å². The van der Waals surface area contributed by atoms with E-state index < -0.39 is 17.8 Å². The molecule has 23 heavy (non-hydrogen) atoms. The summed E-state index contributed by atoms with van der Waals surface area (Å²) in [6.45, 7) is 10.4. The molecule has 0 unspecified atom stereocenters. The molecule has 1 rings (SSSR count). The van der Waals surface area contributed by atoms with Crippen LogP contribution in [-0.4, -0.2) is 23.3 Å². The molecule has 0 radical (unpaired) electrons. The number of carbonyl (C=O) groups excluding carboxylic acids is 1. The van der Waals surface area contributed by atoms with E-state index in [0.717, 1.165) is 12.0 Å². The summed E-state index contributed by atoms with van der Waals surface area (Å²) < 4.78 is 5.17. The summed E-state index contributed by atoms with van der Waals surface area (Å²) in [6.07, 6.45) is 1.42. The van der Waals surface area contributed by atoms with E-state index in [1.165, 1.54) is 5.56 Å². The molecule has 0 aliphatic heterocycles. The van der Waals surface area contributed by atoms with Crippen molar-refractivity contribution in [3.63, 3.8) is 0 Å². The van der Waals surface area contributed by atoms with Gasteiger partial charge in [0.05, 0.1) is 6.10 Å². The minimum absolute atomic E-state index is 0.411. The van der Waals surface area contributed by atoms with Crippen molar-refractivity contribution in [3.8, 4) is 0 Å². The fourth-order valence-electron chi connectivity index (χ4n) is 2.37. The van der Waals surface area contributed by atoms with Crippen LogP contribution in [0.2, 0.25) is 0 Å². The van der Waals surface area contributed by atoms with E-state index in [-0.39, 0.29) is 0 Å². The van der Waals surface area contributed by atoms with Crippen molar-refractivity contribution in [2.24, 2.45) is 5.92 Å². The quantitative estimate of drug-likeness (QED) is 0.739. The van der Waals surface area contributed by atoms with Gasteiger partial charge in [-0.05, 0) is 57.1 Å². The first-order valence-electron chi connectivity index (χ1n) is 8.41. The Hall–Kier alpha value is -1.55. The van der Waals surface area contributed by atoms with Gasteiger partial charge in [-0.15, -0.1) is 0 Å². The van der Waals surface area contributed by atoms with Crippen molar-refractivity contribution in [1.29, 1.82) is 0 Å². The lowest BCUT2D eigenvalue weighted by atomic mass is 9.98. The smallest absolute Gasteiger partial charge is 0.407 e. The Morgan fingerprint density at radius 1 is 1.30 bits per heavy atom. The Labute approximate surface area is 140 Å². The average Bonchev–Trinajstić information content (AvgIpc) is 2.41. The number of hydrogen-bond donors (Lipinski definition) is 2. The highest BCUT2D eigenvalue weighted by atomic mass is 16.6. The maximum absolute atomic E-state index is 11.5. The van der Waals surface area contributed by atoms with Crippen LogP contribution in [-0.2, 0) is 11.2 Å². The van der Waals surface area contributed by atoms with Gasteiger partial charge < -0.3 is 15.2 Å². The molecular formula is C19H31NO3. The van der Waals surface area contributed by atoms with Crippen LogP contribution in [0.15, 0.2) is 24.3 Å². The molecule has 0 aromatic heterocycles. The molecule has 0 aliphatic rings. The van der Waals surface area contributed by atoms with Gasteiger partial charge in [0.15, 0.2) is 0 Å². The third kappa shape index (κ3) is 8.60. The van der Waals surface area contributed by atoms with Crippen LogP contribution >= 0.6 is 0 Å². The number of alkyl carbamates (subject to hydrolysis) is 1. The molecule has 1 aromatic rings. The first-order chi connectivity index (χ1) is 10.7. The molecule has 0 saturated carbocycles. The Balaban J connectivity index is 2.36. The SMILES string of the molecule is CC(C)Cc1cccc([C@H](O)CCCNC(=O)OC(C)(C)C)c1. The standard InChI is InChI=1S/C19H31NO3/c1-14(2)12-15-8-6-9-16(13-15)17(21)10-7-11-20-18(22)23-19(3,4)5/h6,8-9,13-14,17,21H,7,10-12H2,1-5H3,(H,20,22)/t17-/m1/s1. The number of hydrogen-bond acceptors (Lipinski definition) is 3. The summed E-state index contributed by atoms with van der Waals surface area (Å²) in [5, 5.41) is 13.0. The van der Waals surface area contributed by atoms with Crippen molar-refractivity contribution >= 4 is 6.09 Å². The van der Waals surface area contributed by atoms with Gasteiger partial charge in [-0.25, -0.2) is 4.79 Å². The molecule has 1 amide bonds. The Morgan fingerprint density at radius 2 is 2.00 bits per heavy atom. The van der Waals surface area contributed by atoms with E-state index in [9.17, 15) is 9.90 Å². The van der Waals surface area contributed by atoms with Crippen molar-refractivity contribution in [2.45, 2.75) is 65.6 Å². The zero-order valence-electron chi connectivity index (χ0n) is 15.1. The molecule has 2 N–H and O–H groups in total. The Kier molecular flexibility index (Phi) is 7.56. The molecule has 0 heterocycles. The summed E-state index contributed by atoms with van der Waals surface area (Å²) in [5.74, 6) is 0.598. The molecule has 4 heteroatoms. The summed E-state index contributed by atoms with van der Waals surface area (Å²) in [4.78, 5) is 11.5. The van der Waals surface area contributed by atoms with Crippen LogP contribution in [0.5, 0.6) is 0 Å². The Morgan fingerprint density at radius 3 is 2.61 bits per heavy atom. The summed E-state index contributed by atoms with van der Waals surface area (Å²) in [5.41, 5.74) is 1.71. The molecule has 0 bridgehead atoms. The second-order valence-corrected chi connectivity index (χ2v) is 7.43. The van der Waals surface area contributed by atoms with Gasteiger partial charge in [0.25, 0.3) is 0 Å². The van der Waals surface area contributed by atoms with Crippen molar-refractivity contribution in [3.05, 3.63) is 35.4 Å². The second-order valence-electron chi connectivity index (χ2n) is 7.43. The highest BCUT2D eigenvalue weighted by Crippen LogP contribution is 2.20.